The highest BCUT2D eigenvalue weighted by Gasteiger charge is 2.49. The van der Waals surface area contributed by atoms with Crippen LogP contribution >= 0.6 is 0 Å². The van der Waals surface area contributed by atoms with Gasteiger partial charge in [0, 0.05) is 0 Å². The number of rotatable bonds is 0. The summed E-state index contributed by atoms with van der Waals surface area (Å²) in [6.45, 7) is 4.79. The minimum Gasteiger partial charge on any atom is -0.0622 e. The lowest BCUT2D eigenvalue weighted by Gasteiger charge is -2.56. The minimum atomic E-state index is 1.08. The molecule has 2 rings (SSSR count). The quantitative estimate of drug-likeness (QED) is 0.449. The zero-order chi connectivity index (χ0) is 5.72. The maximum Gasteiger partial charge on any atom is -0.0355 e. The Balaban J connectivity index is 1.96. The first kappa shape index (κ1) is 4.84. The largest absolute Gasteiger partial charge is 0.0622 e. The molecular formula is C8H14. The van der Waals surface area contributed by atoms with Crippen LogP contribution in [0, 0.1) is 23.7 Å². The van der Waals surface area contributed by atoms with Crippen molar-refractivity contribution in [1.29, 1.82) is 0 Å². The Morgan fingerprint density at radius 3 is 1.38 bits per heavy atom. The van der Waals surface area contributed by atoms with Gasteiger partial charge in [-0.2, -0.15) is 0 Å². The lowest BCUT2D eigenvalue weighted by Crippen LogP contribution is -2.48. The molecule has 0 aromatic rings. The van der Waals surface area contributed by atoms with E-state index in [1.807, 2.05) is 0 Å². The van der Waals surface area contributed by atoms with Gasteiger partial charge >= 0.3 is 0 Å². The van der Waals surface area contributed by atoms with Gasteiger partial charge in [0.25, 0.3) is 0 Å². The zero-order valence-electron chi connectivity index (χ0n) is 5.72. The molecule has 0 aromatic carbocycles. The van der Waals surface area contributed by atoms with Gasteiger partial charge < -0.3 is 0 Å². The summed E-state index contributed by atoms with van der Waals surface area (Å²) in [5.74, 6) is 4.47. The Bertz CT molecular complexity index is 92.6. The smallest absolute Gasteiger partial charge is 0.0355 e. The third kappa shape index (κ3) is 0.375. The minimum absolute atomic E-state index is 1.08. The molecule has 2 saturated carbocycles. The number of hydrogen-bond acceptors (Lipinski definition) is 0. The van der Waals surface area contributed by atoms with Crippen molar-refractivity contribution in [2.45, 2.75) is 26.7 Å². The average molecular weight is 110 g/mol. The standard InChI is InChI=1S/C8H14/c1-5-3-8-6(2)4-7(5)8/h5-8H,3-4H2,1-2H3/t5-,6?,7?,8?/m1/s1. The van der Waals surface area contributed by atoms with Crippen LogP contribution in [0.1, 0.15) is 26.7 Å². The topological polar surface area (TPSA) is 0 Å². The Morgan fingerprint density at radius 2 is 1.25 bits per heavy atom. The van der Waals surface area contributed by atoms with Crippen molar-refractivity contribution in [2.24, 2.45) is 23.7 Å². The van der Waals surface area contributed by atoms with Crippen molar-refractivity contribution in [2.75, 3.05) is 0 Å². The van der Waals surface area contributed by atoms with Crippen LogP contribution in [0.3, 0.4) is 0 Å². The van der Waals surface area contributed by atoms with Gasteiger partial charge in [-0.3, -0.25) is 0 Å². The molecule has 2 fully saturated rings. The fraction of sp³-hybridized carbons (Fsp3) is 1.00. The van der Waals surface area contributed by atoms with Crippen LogP contribution < -0.4 is 0 Å². The summed E-state index contributed by atoms with van der Waals surface area (Å²) in [7, 11) is 0. The van der Waals surface area contributed by atoms with E-state index in [0.29, 0.717) is 0 Å². The van der Waals surface area contributed by atoms with E-state index in [4.69, 9.17) is 0 Å². The molecule has 46 valence electrons. The highest BCUT2D eigenvalue weighted by atomic mass is 14.5. The van der Waals surface area contributed by atoms with Gasteiger partial charge in [0.2, 0.25) is 0 Å². The second kappa shape index (κ2) is 1.29. The molecule has 3 unspecified atom stereocenters. The number of hydrogen-bond donors (Lipinski definition) is 0. The molecular weight excluding hydrogens is 96.1 g/mol. The van der Waals surface area contributed by atoms with Gasteiger partial charge in [0.15, 0.2) is 0 Å². The predicted molar refractivity (Wildman–Crippen MR) is 34.5 cm³/mol. The summed E-state index contributed by atoms with van der Waals surface area (Å²) in [6, 6.07) is 0. The second-order valence-electron chi connectivity index (χ2n) is 3.75. The highest BCUT2D eigenvalue weighted by Crippen LogP contribution is 2.57. The van der Waals surface area contributed by atoms with Crippen LogP contribution in [0.2, 0.25) is 0 Å². The van der Waals surface area contributed by atoms with Crippen molar-refractivity contribution in [3.05, 3.63) is 0 Å². The summed E-state index contributed by atoms with van der Waals surface area (Å²) in [5.41, 5.74) is 0. The Kier molecular flexibility index (Phi) is 0.778. The fourth-order valence-electron chi connectivity index (χ4n) is 2.47. The van der Waals surface area contributed by atoms with Crippen LogP contribution in [0.4, 0.5) is 0 Å². The molecule has 0 spiro atoms. The third-order valence-electron chi connectivity index (χ3n) is 3.30. The van der Waals surface area contributed by atoms with Crippen LogP contribution in [0.15, 0.2) is 0 Å². The van der Waals surface area contributed by atoms with E-state index in [-0.39, 0.29) is 0 Å². The normalized spacial score (nSPS) is 60.8. The first-order valence-electron chi connectivity index (χ1n) is 3.79. The Labute approximate surface area is 51.3 Å². The van der Waals surface area contributed by atoms with Gasteiger partial charge in [-0.15, -0.1) is 0 Å². The first-order chi connectivity index (χ1) is 3.79. The summed E-state index contributed by atoms with van der Waals surface area (Å²) < 4.78 is 0. The molecule has 4 atom stereocenters. The van der Waals surface area contributed by atoms with Gasteiger partial charge in [-0.25, -0.2) is 0 Å². The lowest BCUT2D eigenvalue weighted by atomic mass is 9.49. The first-order valence-corrected chi connectivity index (χ1v) is 3.79. The van der Waals surface area contributed by atoms with Crippen molar-refractivity contribution >= 4 is 0 Å². The summed E-state index contributed by atoms with van der Waals surface area (Å²) in [6.07, 6.45) is 3.07. The SMILES string of the molecule is CC1CC2C1C[C@H]2C. The molecule has 0 N–H and O–H groups in total. The fourth-order valence-corrected chi connectivity index (χ4v) is 2.47. The molecule has 0 nitrogen and oxygen atoms in total. The molecule has 0 bridgehead atoms. The van der Waals surface area contributed by atoms with E-state index in [1.54, 1.807) is 0 Å². The van der Waals surface area contributed by atoms with Gasteiger partial charge in [-0.05, 0) is 36.5 Å². The Hall–Kier alpha value is 0. The van der Waals surface area contributed by atoms with Crippen LogP contribution in [0.25, 0.3) is 0 Å². The van der Waals surface area contributed by atoms with Crippen LogP contribution in [-0.2, 0) is 0 Å². The van der Waals surface area contributed by atoms with E-state index in [0.717, 1.165) is 23.7 Å². The predicted octanol–water partition coefficient (Wildman–Crippen LogP) is 2.30. The van der Waals surface area contributed by atoms with E-state index in [1.165, 1.54) is 12.8 Å². The molecule has 0 heterocycles. The third-order valence-corrected chi connectivity index (χ3v) is 3.30. The van der Waals surface area contributed by atoms with E-state index < -0.39 is 0 Å². The molecule has 2 aliphatic rings. The second-order valence-corrected chi connectivity index (χ2v) is 3.75. The molecule has 0 heteroatoms. The van der Waals surface area contributed by atoms with Crippen molar-refractivity contribution in [1.82, 2.24) is 0 Å². The zero-order valence-corrected chi connectivity index (χ0v) is 5.72. The van der Waals surface area contributed by atoms with E-state index in [9.17, 15) is 0 Å². The van der Waals surface area contributed by atoms with E-state index in [2.05, 4.69) is 13.8 Å². The van der Waals surface area contributed by atoms with Crippen molar-refractivity contribution < 1.29 is 0 Å². The molecule has 8 heavy (non-hydrogen) atoms. The van der Waals surface area contributed by atoms with Crippen LogP contribution in [-0.4, -0.2) is 0 Å². The maximum atomic E-state index is 2.40. The molecule has 0 amide bonds. The average Bonchev–Trinajstić information content (AvgIpc) is 1.76. The molecule has 0 aromatic heterocycles. The summed E-state index contributed by atoms with van der Waals surface area (Å²) in [4.78, 5) is 0. The van der Waals surface area contributed by atoms with Crippen molar-refractivity contribution in [3.63, 3.8) is 0 Å². The van der Waals surface area contributed by atoms with Gasteiger partial charge in [-0.1, -0.05) is 13.8 Å². The molecule has 0 saturated heterocycles. The molecule has 0 aliphatic heterocycles. The molecule has 2 aliphatic carbocycles. The van der Waals surface area contributed by atoms with Crippen molar-refractivity contribution in [3.8, 4) is 0 Å². The van der Waals surface area contributed by atoms with Gasteiger partial charge in [0.05, 0.1) is 0 Å². The lowest BCUT2D eigenvalue weighted by molar-refractivity contribution is -0.0699. The summed E-state index contributed by atoms with van der Waals surface area (Å²) >= 11 is 0. The molecule has 0 radical (unpaired) electrons. The van der Waals surface area contributed by atoms with E-state index >= 15 is 0 Å². The summed E-state index contributed by atoms with van der Waals surface area (Å²) in [5, 5.41) is 0. The monoisotopic (exact) mass is 110 g/mol. The number of fused-ring (bicyclic) bond motifs is 1. The van der Waals surface area contributed by atoms with Gasteiger partial charge in [0.1, 0.15) is 0 Å². The maximum absolute atomic E-state index is 2.40. The Morgan fingerprint density at radius 1 is 0.875 bits per heavy atom. The highest BCUT2D eigenvalue weighted by molar-refractivity contribution is 4.98. The van der Waals surface area contributed by atoms with Crippen LogP contribution in [0.5, 0.6) is 0 Å².